The second-order valence-electron chi connectivity index (χ2n) is 7.81. The molecule has 8 heteroatoms. The molecule has 1 aromatic carbocycles. The number of imidazole rings is 1. The molecule has 2 aromatic heterocycles. The number of nitrogens with zero attached hydrogens (tertiary/aromatic N) is 3. The van der Waals surface area contributed by atoms with Gasteiger partial charge in [-0.3, -0.25) is 4.90 Å². The molecule has 32 heavy (non-hydrogen) atoms. The number of nitrogens with one attached hydrogen (secondary N) is 3. The van der Waals surface area contributed by atoms with Crippen LogP contribution in [0.2, 0.25) is 0 Å². The Kier molecular flexibility index (Phi) is 9.61. The first kappa shape index (κ1) is 24.3. The summed E-state index contributed by atoms with van der Waals surface area (Å²) in [5.74, 6) is 2.63. The van der Waals surface area contributed by atoms with Crippen LogP contribution in [0.1, 0.15) is 43.8 Å². The Morgan fingerprint density at radius 1 is 1.12 bits per heavy atom. The van der Waals surface area contributed by atoms with Crippen LogP contribution in [0.5, 0.6) is 0 Å². The molecule has 1 aliphatic heterocycles. The van der Waals surface area contributed by atoms with Crippen molar-refractivity contribution in [2.45, 2.75) is 38.8 Å². The lowest BCUT2D eigenvalue weighted by Gasteiger charge is -2.33. The van der Waals surface area contributed by atoms with Crippen LogP contribution in [0.25, 0.3) is 11.3 Å². The Morgan fingerprint density at radius 3 is 2.66 bits per heavy atom. The second kappa shape index (κ2) is 12.6. The lowest BCUT2D eigenvalue weighted by atomic mass is 10.1. The summed E-state index contributed by atoms with van der Waals surface area (Å²) < 4.78 is 5.76. The number of aromatic amines is 1. The number of aliphatic imine (C=N–C) groups is 1. The number of hydrogen-bond donors (Lipinski definition) is 3. The van der Waals surface area contributed by atoms with E-state index in [0.29, 0.717) is 6.54 Å². The van der Waals surface area contributed by atoms with Crippen LogP contribution < -0.4 is 10.6 Å². The van der Waals surface area contributed by atoms with Crippen molar-refractivity contribution < 1.29 is 4.42 Å². The molecule has 0 spiro atoms. The third-order valence-electron chi connectivity index (χ3n) is 5.61. The molecule has 1 saturated heterocycles. The van der Waals surface area contributed by atoms with E-state index in [1.807, 2.05) is 30.5 Å². The first-order valence-corrected chi connectivity index (χ1v) is 11.2. The van der Waals surface area contributed by atoms with Gasteiger partial charge in [0.2, 0.25) is 0 Å². The Balaban J connectivity index is 0.00000289. The van der Waals surface area contributed by atoms with Gasteiger partial charge in [-0.15, -0.1) is 24.0 Å². The Bertz CT molecular complexity index is 935. The molecule has 3 N–H and O–H groups in total. The molecule has 1 atom stereocenters. The van der Waals surface area contributed by atoms with E-state index >= 15 is 0 Å². The smallest absolute Gasteiger partial charge is 0.191 e. The summed E-state index contributed by atoms with van der Waals surface area (Å²) in [6.07, 6.45) is 7.42. The van der Waals surface area contributed by atoms with Gasteiger partial charge in [0, 0.05) is 13.1 Å². The molecular weight excluding hydrogens is 515 g/mol. The maximum atomic E-state index is 5.76. The zero-order chi connectivity index (χ0) is 21.3. The van der Waals surface area contributed by atoms with Crippen molar-refractivity contribution in [3.63, 3.8) is 0 Å². The van der Waals surface area contributed by atoms with Crippen molar-refractivity contribution in [1.29, 1.82) is 0 Å². The van der Waals surface area contributed by atoms with Crippen molar-refractivity contribution >= 4 is 29.9 Å². The molecule has 7 nitrogen and oxygen atoms in total. The van der Waals surface area contributed by atoms with Gasteiger partial charge in [0.1, 0.15) is 18.1 Å². The molecule has 0 aliphatic carbocycles. The van der Waals surface area contributed by atoms with E-state index in [0.717, 1.165) is 55.0 Å². The highest BCUT2D eigenvalue weighted by atomic mass is 127. The number of rotatable bonds is 8. The monoisotopic (exact) mass is 548 g/mol. The van der Waals surface area contributed by atoms with Gasteiger partial charge >= 0.3 is 0 Å². The van der Waals surface area contributed by atoms with Crippen LogP contribution in [0, 0.1) is 0 Å². The van der Waals surface area contributed by atoms with Crippen molar-refractivity contribution in [3.05, 3.63) is 66.5 Å². The van der Waals surface area contributed by atoms with Gasteiger partial charge in [0.15, 0.2) is 5.96 Å². The number of aromatic nitrogens is 2. The summed E-state index contributed by atoms with van der Waals surface area (Å²) >= 11 is 0. The van der Waals surface area contributed by atoms with Gasteiger partial charge < -0.3 is 20.0 Å². The largest absolute Gasteiger partial charge is 0.468 e. The molecule has 0 saturated carbocycles. The van der Waals surface area contributed by atoms with Gasteiger partial charge in [-0.1, -0.05) is 36.8 Å². The normalized spacial score (nSPS) is 15.7. The topological polar surface area (TPSA) is 81.5 Å². The zero-order valence-corrected chi connectivity index (χ0v) is 20.9. The highest BCUT2D eigenvalue weighted by Crippen LogP contribution is 2.24. The van der Waals surface area contributed by atoms with Gasteiger partial charge in [0.25, 0.3) is 0 Å². The molecule has 3 heterocycles. The van der Waals surface area contributed by atoms with E-state index in [-0.39, 0.29) is 30.0 Å². The first-order valence-electron chi connectivity index (χ1n) is 11.2. The number of hydrogen-bond acceptors (Lipinski definition) is 4. The van der Waals surface area contributed by atoms with E-state index in [2.05, 4.69) is 50.6 Å². The van der Waals surface area contributed by atoms with Crippen LogP contribution in [-0.2, 0) is 6.54 Å². The minimum Gasteiger partial charge on any atom is -0.468 e. The van der Waals surface area contributed by atoms with Gasteiger partial charge in [-0.05, 0) is 50.6 Å². The molecule has 0 amide bonds. The molecule has 3 aromatic rings. The maximum absolute atomic E-state index is 5.76. The molecular formula is C24H33IN6O. The fourth-order valence-electron chi connectivity index (χ4n) is 4.02. The van der Waals surface area contributed by atoms with Crippen LogP contribution in [0.4, 0.5) is 0 Å². The molecule has 172 valence electrons. The number of H-pyrrole nitrogens is 1. The Hall–Kier alpha value is -2.33. The van der Waals surface area contributed by atoms with E-state index in [1.54, 1.807) is 6.26 Å². The first-order chi connectivity index (χ1) is 15.3. The quantitative estimate of drug-likeness (QED) is 0.218. The minimum absolute atomic E-state index is 0. The summed E-state index contributed by atoms with van der Waals surface area (Å²) in [5, 5.41) is 6.85. The van der Waals surface area contributed by atoms with Crippen LogP contribution in [0.3, 0.4) is 0 Å². The average molecular weight is 548 g/mol. The SMILES string of the molecule is CCNC(=NCc1ncc(-c2ccccc2)[nH]1)NCC(c1ccco1)N1CCCCC1.I. The van der Waals surface area contributed by atoms with Crippen LogP contribution >= 0.6 is 24.0 Å². The molecule has 1 unspecified atom stereocenters. The van der Waals surface area contributed by atoms with Crippen molar-refractivity contribution in [2.24, 2.45) is 4.99 Å². The summed E-state index contributed by atoms with van der Waals surface area (Å²) in [5.41, 5.74) is 2.13. The molecule has 0 bridgehead atoms. The summed E-state index contributed by atoms with van der Waals surface area (Å²) in [7, 11) is 0. The number of piperidine rings is 1. The number of guanidine groups is 1. The van der Waals surface area contributed by atoms with E-state index in [4.69, 9.17) is 9.41 Å². The molecule has 1 aliphatic rings. The predicted octanol–water partition coefficient (Wildman–Crippen LogP) is 4.57. The fraction of sp³-hybridized carbons (Fsp3) is 0.417. The molecule has 1 fully saturated rings. The number of furan rings is 1. The third-order valence-corrected chi connectivity index (χ3v) is 5.61. The molecule has 0 radical (unpaired) electrons. The standard InChI is InChI=1S/C24H32N6O.HI/c1-2-25-24(28-18-23-26-16-20(29-23)19-10-5-3-6-11-19)27-17-21(22-12-9-15-31-22)30-13-7-4-8-14-30;/h3,5-6,9-12,15-16,21H,2,4,7-8,13-14,17-18H2,1H3,(H,26,29)(H2,25,27,28);1H. The van der Waals surface area contributed by atoms with Crippen molar-refractivity contribution in [1.82, 2.24) is 25.5 Å². The highest BCUT2D eigenvalue weighted by molar-refractivity contribution is 14.0. The second-order valence-corrected chi connectivity index (χ2v) is 7.81. The number of benzene rings is 1. The third kappa shape index (κ3) is 6.59. The van der Waals surface area contributed by atoms with E-state index in [1.165, 1.54) is 19.3 Å². The minimum atomic E-state index is 0. The van der Waals surface area contributed by atoms with E-state index in [9.17, 15) is 0 Å². The van der Waals surface area contributed by atoms with Crippen molar-refractivity contribution in [2.75, 3.05) is 26.2 Å². The Labute approximate surface area is 207 Å². The van der Waals surface area contributed by atoms with Gasteiger partial charge in [-0.2, -0.15) is 0 Å². The summed E-state index contributed by atoms with van der Waals surface area (Å²) in [6, 6.07) is 14.4. The lowest BCUT2D eigenvalue weighted by Crippen LogP contribution is -2.44. The van der Waals surface area contributed by atoms with Crippen LogP contribution in [0.15, 0.2) is 64.3 Å². The highest BCUT2D eigenvalue weighted by Gasteiger charge is 2.24. The Morgan fingerprint density at radius 2 is 1.94 bits per heavy atom. The fourth-order valence-corrected chi connectivity index (χ4v) is 4.02. The van der Waals surface area contributed by atoms with Gasteiger partial charge in [-0.25, -0.2) is 9.98 Å². The van der Waals surface area contributed by atoms with Gasteiger partial charge in [0.05, 0.1) is 24.2 Å². The summed E-state index contributed by atoms with van der Waals surface area (Å²) in [4.78, 5) is 15.1. The maximum Gasteiger partial charge on any atom is 0.191 e. The lowest BCUT2D eigenvalue weighted by molar-refractivity contribution is 0.146. The number of halogens is 1. The van der Waals surface area contributed by atoms with Crippen LogP contribution in [-0.4, -0.2) is 47.0 Å². The number of likely N-dealkylation sites (tertiary alicyclic amines) is 1. The predicted molar refractivity (Wildman–Crippen MR) is 139 cm³/mol. The summed E-state index contributed by atoms with van der Waals surface area (Å²) in [6.45, 7) is 6.31. The van der Waals surface area contributed by atoms with E-state index < -0.39 is 0 Å². The average Bonchev–Trinajstić information content (AvgIpc) is 3.52. The molecule has 4 rings (SSSR count). The zero-order valence-electron chi connectivity index (χ0n) is 18.6. The van der Waals surface area contributed by atoms with Crippen molar-refractivity contribution in [3.8, 4) is 11.3 Å².